The van der Waals surface area contributed by atoms with Crippen molar-refractivity contribution in [3.05, 3.63) is 23.4 Å². The lowest BCUT2D eigenvalue weighted by atomic mass is 9.75. The average Bonchev–Trinajstić information content (AvgIpc) is 2.47. The summed E-state index contributed by atoms with van der Waals surface area (Å²) in [4.78, 5) is 14.4. The molecule has 1 heterocycles. The maximum atomic E-state index is 12.6. The van der Waals surface area contributed by atoms with Gasteiger partial charge in [0.2, 0.25) is 0 Å². The first-order valence-electron chi connectivity index (χ1n) is 8.62. The molecule has 0 unspecified atom stereocenters. The number of amides is 1. The van der Waals surface area contributed by atoms with E-state index in [1.54, 1.807) is 4.90 Å². The Labute approximate surface area is 133 Å². The monoisotopic (exact) mass is 304 g/mol. The average molecular weight is 304 g/mol. The van der Waals surface area contributed by atoms with Crippen molar-refractivity contribution in [3.63, 3.8) is 0 Å². The molecule has 1 spiro atoms. The summed E-state index contributed by atoms with van der Waals surface area (Å²) in [7, 11) is 0. The van der Waals surface area contributed by atoms with E-state index in [1.165, 1.54) is 12.0 Å². The Kier molecular flexibility index (Phi) is 4.06. The molecule has 1 saturated carbocycles. The van der Waals surface area contributed by atoms with Gasteiger partial charge in [-0.15, -0.1) is 0 Å². The van der Waals surface area contributed by atoms with Crippen molar-refractivity contribution in [2.45, 2.75) is 76.4 Å². The molecule has 122 valence electrons. The molecule has 1 saturated heterocycles. The number of ether oxygens (including phenoxy) is 1. The van der Waals surface area contributed by atoms with Gasteiger partial charge in [-0.3, -0.25) is 4.90 Å². The van der Waals surface area contributed by atoms with Gasteiger partial charge in [-0.1, -0.05) is 18.6 Å². The van der Waals surface area contributed by atoms with Gasteiger partial charge in [0.15, 0.2) is 0 Å². The van der Waals surface area contributed by atoms with Crippen LogP contribution in [-0.4, -0.2) is 28.7 Å². The van der Waals surface area contributed by atoms with E-state index in [2.05, 4.69) is 12.2 Å². The van der Waals surface area contributed by atoms with Gasteiger partial charge in [0.1, 0.15) is 5.60 Å². The second-order valence-corrected chi connectivity index (χ2v) is 7.60. The molecule has 4 nitrogen and oxygen atoms in total. The van der Waals surface area contributed by atoms with Crippen molar-refractivity contribution in [1.29, 1.82) is 0 Å². The van der Waals surface area contributed by atoms with E-state index in [4.69, 9.17) is 10.5 Å². The third-order valence-electron chi connectivity index (χ3n) is 5.05. The van der Waals surface area contributed by atoms with E-state index >= 15 is 0 Å². The predicted molar refractivity (Wildman–Crippen MR) is 87.3 cm³/mol. The minimum Gasteiger partial charge on any atom is -0.438 e. The lowest BCUT2D eigenvalue weighted by Crippen LogP contribution is -2.52. The highest BCUT2D eigenvalue weighted by atomic mass is 16.6. The summed E-state index contributed by atoms with van der Waals surface area (Å²) in [5.41, 5.74) is 7.81. The molecule has 0 aromatic heterocycles. The van der Waals surface area contributed by atoms with E-state index in [-0.39, 0.29) is 17.2 Å². The molecule has 3 rings (SSSR count). The van der Waals surface area contributed by atoms with Crippen molar-refractivity contribution in [1.82, 2.24) is 4.90 Å². The van der Waals surface area contributed by atoms with Gasteiger partial charge in [0.25, 0.3) is 0 Å². The molecule has 0 aromatic carbocycles. The first kappa shape index (κ1) is 15.6. The van der Waals surface area contributed by atoms with E-state index in [0.29, 0.717) is 6.54 Å². The first-order chi connectivity index (χ1) is 10.4. The fourth-order valence-corrected chi connectivity index (χ4v) is 3.82. The summed E-state index contributed by atoms with van der Waals surface area (Å²) in [6, 6.07) is 0. The third-order valence-corrected chi connectivity index (χ3v) is 5.05. The van der Waals surface area contributed by atoms with Gasteiger partial charge in [-0.05, 0) is 58.8 Å². The maximum absolute atomic E-state index is 12.6. The van der Waals surface area contributed by atoms with Crippen LogP contribution in [0.3, 0.4) is 0 Å². The van der Waals surface area contributed by atoms with Crippen molar-refractivity contribution in [3.8, 4) is 0 Å². The van der Waals surface area contributed by atoms with Gasteiger partial charge < -0.3 is 10.5 Å². The summed E-state index contributed by atoms with van der Waals surface area (Å²) in [5, 5.41) is 0. The summed E-state index contributed by atoms with van der Waals surface area (Å²) >= 11 is 0. The molecule has 0 radical (unpaired) electrons. The highest BCUT2D eigenvalue weighted by Gasteiger charge is 2.48. The molecule has 0 bridgehead atoms. The number of nitrogens with zero attached hydrogens (tertiary/aromatic N) is 1. The van der Waals surface area contributed by atoms with Gasteiger partial charge in [-0.2, -0.15) is 0 Å². The van der Waals surface area contributed by atoms with Gasteiger partial charge >= 0.3 is 6.09 Å². The van der Waals surface area contributed by atoms with Crippen LogP contribution in [0.2, 0.25) is 0 Å². The Bertz CT molecular complexity index is 508. The smallest absolute Gasteiger partial charge is 0.415 e. The molecule has 4 heteroatoms. The molecule has 22 heavy (non-hydrogen) atoms. The van der Waals surface area contributed by atoms with E-state index in [0.717, 1.165) is 50.6 Å². The normalized spacial score (nSPS) is 24.5. The van der Waals surface area contributed by atoms with E-state index in [1.807, 2.05) is 13.8 Å². The van der Waals surface area contributed by atoms with Crippen molar-refractivity contribution in [2.24, 2.45) is 5.73 Å². The van der Waals surface area contributed by atoms with Crippen LogP contribution in [0.1, 0.15) is 65.2 Å². The number of carbonyl (C=O) groups is 1. The minimum atomic E-state index is -0.351. The summed E-state index contributed by atoms with van der Waals surface area (Å²) in [6.45, 7) is 4.62. The zero-order chi connectivity index (χ0) is 15.8. The lowest BCUT2D eigenvalue weighted by molar-refractivity contribution is -0.0217. The fraction of sp³-hybridized carbons (Fsp3) is 0.722. The first-order valence-corrected chi connectivity index (χ1v) is 8.62. The Morgan fingerprint density at radius 3 is 2.59 bits per heavy atom. The topological polar surface area (TPSA) is 55.6 Å². The molecule has 0 aromatic rings. The number of allylic oxidation sites excluding steroid dienone is 2. The van der Waals surface area contributed by atoms with Crippen LogP contribution < -0.4 is 5.73 Å². The van der Waals surface area contributed by atoms with E-state index in [9.17, 15) is 4.79 Å². The molecule has 2 N–H and O–H groups in total. The summed E-state index contributed by atoms with van der Waals surface area (Å²) < 4.78 is 6.00. The number of hydrogen-bond acceptors (Lipinski definition) is 3. The molecule has 0 atom stereocenters. The van der Waals surface area contributed by atoms with Crippen LogP contribution in [0, 0.1) is 0 Å². The standard InChI is InChI=1S/C18H28N2O2/c1-17(2,19)12-13-20-15-9-5-4-8-14(15)18(22-16(20)21)10-6-3-7-11-18/h8-9H,3-7,10-13,19H2,1-2H3. The maximum Gasteiger partial charge on any atom is 0.415 e. The van der Waals surface area contributed by atoms with Crippen molar-refractivity contribution in [2.75, 3.05) is 6.54 Å². The van der Waals surface area contributed by atoms with Crippen LogP contribution in [0.25, 0.3) is 0 Å². The number of fused-ring (bicyclic) bond motifs is 2. The van der Waals surface area contributed by atoms with E-state index < -0.39 is 0 Å². The van der Waals surface area contributed by atoms with Gasteiger partial charge in [0, 0.05) is 23.4 Å². The molecular weight excluding hydrogens is 276 g/mol. The molecule has 3 aliphatic rings. The van der Waals surface area contributed by atoms with Crippen LogP contribution in [0.5, 0.6) is 0 Å². The van der Waals surface area contributed by atoms with Gasteiger partial charge in [0.05, 0.1) is 0 Å². The van der Waals surface area contributed by atoms with Crippen LogP contribution >= 0.6 is 0 Å². The summed E-state index contributed by atoms with van der Waals surface area (Å²) in [6.07, 6.45) is 12.6. The molecule has 1 amide bonds. The molecular formula is C18H28N2O2. The zero-order valence-electron chi connectivity index (χ0n) is 13.9. The Morgan fingerprint density at radius 2 is 1.91 bits per heavy atom. The third kappa shape index (κ3) is 2.94. The zero-order valence-corrected chi connectivity index (χ0v) is 13.9. The van der Waals surface area contributed by atoms with Crippen molar-refractivity contribution < 1.29 is 9.53 Å². The Hall–Kier alpha value is -1.29. The molecule has 1 aliphatic heterocycles. The Morgan fingerprint density at radius 1 is 1.23 bits per heavy atom. The van der Waals surface area contributed by atoms with Crippen LogP contribution in [0.4, 0.5) is 4.79 Å². The molecule has 2 fully saturated rings. The summed E-state index contributed by atoms with van der Waals surface area (Å²) in [5.74, 6) is 0. The fourth-order valence-electron chi connectivity index (χ4n) is 3.82. The highest BCUT2D eigenvalue weighted by Crippen LogP contribution is 2.46. The largest absolute Gasteiger partial charge is 0.438 e. The number of nitrogens with two attached hydrogens (primary N) is 1. The van der Waals surface area contributed by atoms with Crippen LogP contribution in [-0.2, 0) is 4.74 Å². The van der Waals surface area contributed by atoms with Gasteiger partial charge in [-0.25, -0.2) is 4.79 Å². The lowest BCUT2D eigenvalue weighted by Gasteiger charge is -2.47. The predicted octanol–water partition coefficient (Wildman–Crippen LogP) is 3.87. The minimum absolute atomic E-state index is 0.184. The number of carbonyl (C=O) groups excluding carboxylic acids is 1. The Balaban J connectivity index is 1.86. The number of hydrogen-bond donors (Lipinski definition) is 1. The highest BCUT2D eigenvalue weighted by molar-refractivity contribution is 5.76. The quantitative estimate of drug-likeness (QED) is 0.861. The second-order valence-electron chi connectivity index (χ2n) is 7.60. The second kappa shape index (κ2) is 5.73. The number of rotatable bonds is 3. The molecule has 2 aliphatic carbocycles. The van der Waals surface area contributed by atoms with Crippen molar-refractivity contribution >= 4 is 6.09 Å². The van der Waals surface area contributed by atoms with Crippen LogP contribution in [0.15, 0.2) is 23.4 Å². The SMILES string of the molecule is CC(C)(N)CCN1C(=O)OC2(CCCCC2)C2=CCCC=C21.